The molecule has 30 heavy (non-hydrogen) atoms. The van der Waals surface area contributed by atoms with Gasteiger partial charge in [0.1, 0.15) is 6.04 Å². The van der Waals surface area contributed by atoms with Crippen LogP contribution in [0.25, 0.3) is 0 Å². The molecule has 0 spiro atoms. The van der Waals surface area contributed by atoms with Gasteiger partial charge in [-0.15, -0.1) is 0 Å². The lowest BCUT2D eigenvalue weighted by Gasteiger charge is -2.22. The third-order valence-electron chi connectivity index (χ3n) is 4.77. The first-order valence-electron chi connectivity index (χ1n) is 9.74. The highest BCUT2D eigenvalue weighted by molar-refractivity contribution is 7.89. The number of amides is 1. The maximum atomic E-state index is 12.8. The summed E-state index contributed by atoms with van der Waals surface area (Å²) in [5, 5.41) is 2.88. The smallest absolute Gasteiger partial charge is 0.241 e. The van der Waals surface area contributed by atoms with E-state index in [0.717, 1.165) is 11.1 Å². The van der Waals surface area contributed by atoms with E-state index in [4.69, 9.17) is 0 Å². The molecule has 0 unspecified atom stereocenters. The van der Waals surface area contributed by atoms with Gasteiger partial charge in [-0.1, -0.05) is 56.3 Å². The zero-order valence-electron chi connectivity index (χ0n) is 17.0. The Labute approximate surface area is 177 Å². The first kappa shape index (κ1) is 21.7. The summed E-state index contributed by atoms with van der Waals surface area (Å²) in [4.78, 5) is 17.0. The molecule has 1 aromatic heterocycles. The highest BCUT2D eigenvalue weighted by Gasteiger charge is 2.28. The molecule has 1 atom stereocenters. The number of sulfonamides is 1. The predicted molar refractivity (Wildman–Crippen MR) is 115 cm³/mol. The molecule has 0 aliphatic rings. The number of nitrogens with zero attached hydrogens (tertiary/aromatic N) is 2. The molecule has 3 aromatic rings. The van der Waals surface area contributed by atoms with Crippen molar-refractivity contribution in [3.63, 3.8) is 0 Å². The van der Waals surface area contributed by atoms with Gasteiger partial charge in [-0.05, 0) is 29.2 Å². The number of aromatic nitrogens is 2. The second-order valence-corrected chi connectivity index (χ2v) is 9.09. The number of hydrogen-bond donors (Lipinski definition) is 2. The Morgan fingerprint density at radius 3 is 2.33 bits per heavy atom. The number of carbonyl (C=O) groups excluding carboxylic acids is 1. The van der Waals surface area contributed by atoms with Gasteiger partial charge in [0.05, 0.1) is 11.2 Å². The molecule has 0 fully saturated rings. The van der Waals surface area contributed by atoms with Gasteiger partial charge >= 0.3 is 0 Å². The summed E-state index contributed by atoms with van der Waals surface area (Å²) in [6, 6.07) is 15.0. The average molecular weight is 427 g/mol. The Morgan fingerprint density at radius 2 is 1.70 bits per heavy atom. The van der Waals surface area contributed by atoms with Gasteiger partial charge in [-0.3, -0.25) is 4.79 Å². The second-order valence-electron chi connectivity index (χ2n) is 7.38. The number of nitrogens with one attached hydrogen (secondary N) is 2. The van der Waals surface area contributed by atoms with Crippen molar-refractivity contribution in [1.82, 2.24) is 19.6 Å². The summed E-state index contributed by atoms with van der Waals surface area (Å²) in [7, 11) is -3.80. The van der Waals surface area contributed by atoms with Crippen LogP contribution in [0.2, 0.25) is 0 Å². The number of hydrogen-bond acceptors (Lipinski definition) is 4. The Hall–Kier alpha value is -2.97. The number of rotatable bonds is 9. The topological polar surface area (TPSA) is 93.1 Å². The fourth-order valence-corrected chi connectivity index (χ4v) is 4.45. The first-order valence-corrected chi connectivity index (χ1v) is 11.2. The van der Waals surface area contributed by atoms with Crippen LogP contribution in [0.4, 0.5) is 0 Å². The molecule has 7 nitrogen and oxygen atoms in total. The van der Waals surface area contributed by atoms with Gasteiger partial charge in [-0.2, -0.15) is 4.72 Å². The Balaban J connectivity index is 1.69. The largest absolute Gasteiger partial charge is 0.351 e. The lowest BCUT2D eigenvalue weighted by atomic mass is 10.0. The van der Waals surface area contributed by atoms with E-state index in [1.165, 1.54) is 12.1 Å². The molecule has 2 aromatic carbocycles. The molecule has 8 heteroatoms. The van der Waals surface area contributed by atoms with E-state index < -0.39 is 16.1 Å². The van der Waals surface area contributed by atoms with Crippen LogP contribution in [0.15, 0.2) is 78.2 Å². The van der Waals surface area contributed by atoms with Crippen molar-refractivity contribution in [2.24, 2.45) is 5.92 Å². The quantitative estimate of drug-likeness (QED) is 0.550. The SMILES string of the molecule is CC(C)[C@H](NS(=O)(=O)c1ccccc1)C(=O)NCc1ccccc1Cn1ccnc1. The minimum absolute atomic E-state index is 0.133. The summed E-state index contributed by atoms with van der Waals surface area (Å²) >= 11 is 0. The Kier molecular flexibility index (Phi) is 7.02. The molecule has 158 valence electrons. The van der Waals surface area contributed by atoms with Crippen molar-refractivity contribution in [2.45, 2.75) is 37.9 Å². The standard InChI is InChI=1S/C22H26N4O3S/c1-17(2)21(25-30(28,29)20-10-4-3-5-11-20)22(27)24-14-18-8-6-7-9-19(18)15-26-13-12-23-16-26/h3-13,16-17,21,25H,14-15H2,1-2H3,(H,24,27)/t21-/m0/s1. The van der Waals surface area contributed by atoms with Crippen LogP contribution >= 0.6 is 0 Å². The van der Waals surface area contributed by atoms with Gasteiger partial charge in [0, 0.05) is 25.5 Å². The average Bonchev–Trinajstić information content (AvgIpc) is 3.25. The van der Waals surface area contributed by atoms with Crippen LogP contribution in [-0.4, -0.2) is 29.9 Å². The monoisotopic (exact) mass is 426 g/mol. The Bertz CT molecular complexity index is 1060. The van der Waals surface area contributed by atoms with Crippen molar-refractivity contribution in [3.05, 3.63) is 84.4 Å². The van der Waals surface area contributed by atoms with Crippen molar-refractivity contribution in [1.29, 1.82) is 0 Å². The minimum atomic E-state index is -3.80. The van der Waals surface area contributed by atoms with Crippen LogP contribution in [0, 0.1) is 5.92 Å². The maximum absolute atomic E-state index is 12.8. The van der Waals surface area contributed by atoms with E-state index >= 15 is 0 Å². The van der Waals surface area contributed by atoms with Crippen LogP contribution in [0.1, 0.15) is 25.0 Å². The van der Waals surface area contributed by atoms with Crippen LogP contribution in [0.5, 0.6) is 0 Å². The predicted octanol–water partition coefficient (Wildman–Crippen LogP) is 2.55. The highest BCUT2D eigenvalue weighted by Crippen LogP contribution is 2.13. The molecule has 0 aliphatic heterocycles. The molecule has 0 saturated heterocycles. The first-order chi connectivity index (χ1) is 14.4. The second kappa shape index (κ2) is 9.69. The van der Waals surface area contributed by atoms with E-state index in [9.17, 15) is 13.2 Å². The molecule has 2 N–H and O–H groups in total. The van der Waals surface area contributed by atoms with E-state index in [2.05, 4.69) is 15.0 Å². The molecule has 0 saturated carbocycles. The van der Waals surface area contributed by atoms with Crippen LogP contribution in [-0.2, 0) is 27.9 Å². The van der Waals surface area contributed by atoms with E-state index in [-0.39, 0.29) is 16.7 Å². The summed E-state index contributed by atoms with van der Waals surface area (Å²) in [6.07, 6.45) is 5.33. The molecular formula is C22H26N4O3S. The molecule has 1 heterocycles. The zero-order valence-corrected chi connectivity index (χ0v) is 17.8. The Morgan fingerprint density at radius 1 is 1.03 bits per heavy atom. The van der Waals surface area contributed by atoms with E-state index in [1.54, 1.807) is 30.7 Å². The van der Waals surface area contributed by atoms with Crippen LogP contribution < -0.4 is 10.0 Å². The molecule has 0 radical (unpaired) electrons. The summed E-state index contributed by atoms with van der Waals surface area (Å²) in [6.45, 7) is 4.57. The third-order valence-corrected chi connectivity index (χ3v) is 6.23. The maximum Gasteiger partial charge on any atom is 0.241 e. The van der Waals surface area contributed by atoms with Crippen LogP contribution in [0.3, 0.4) is 0 Å². The minimum Gasteiger partial charge on any atom is -0.351 e. The van der Waals surface area contributed by atoms with Gasteiger partial charge < -0.3 is 9.88 Å². The molecule has 3 rings (SSSR count). The van der Waals surface area contributed by atoms with Crippen molar-refractivity contribution >= 4 is 15.9 Å². The van der Waals surface area contributed by atoms with E-state index in [1.807, 2.05) is 48.9 Å². The lowest BCUT2D eigenvalue weighted by molar-refractivity contribution is -0.123. The third kappa shape index (κ3) is 5.55. The summed E-state index contributed by atoms with van der Waals surface area (Å²) < 4.78 is 29.8. The van der Waals surface area contributed by atoms with Crippen molar-refractivity contribution < 1.29 is 13.2 Å². The zero-order chi connectivity index (χ0) is 21.6. The van der Waals surface area contributed by atoms with Gasteiger partial charge in [0.25, 0.3) is 0 Å². The molecule has 1 amide bonds. The van der Waals surface area contributed by atoms with Gasteiger partial charge in [0.2, 0.25) is 15.9 Å². The normalized spacial score (nSPS) is 12.6. The number of imidazole rings is 1. The van der Waals surface area contributed by atoms with Gasteiger partial charge in [-0.25, -0.2) is 13.4 Å². The number of carbonyl (C=O) groups is 1. The van der Waals surface area contributed by atoms with Crippen molar-refractivity contribution in [3.8, 4) is 0 Å². The molecule has 0 bridgehead atoms. The fourth-order valence-electron chi connectivity index (χ4n) is 3.08. The van der Waals surface area contributed by atoms with E-state index in [0.29, 0.717) is 13.1 Å². The lowest BCUT2D eigenvalue weighted by Crippen LogP contribution is -2.49. The summed E-state index contributed by atoms with van der Waals surface area (Å²) in [5.41, 5.74) is 2.02. The van der Waals surface area contributed by atoms with Crippen molar-refractivity contribution in [2.75, 3.05) is 0 Å². The summed E-state index contributed by atoms with van der Waals surface area (Å²) in [5.74, 6) is -0.577. The highest BCUT2D eigenvalue weighted by atomic mass is 32.2. The number of benzene rings is 2. The molecular weight excluding hydrogens is 400 g/mol. The van der Waals surface area contributed by atoms with Gasteiger partial charge in [0.15, 0.2) is 0 Å². The molecule has 0 aliphatic carbocycles. The fraction of sp³-hybridized carbons (Fsp3) is 0.273.